The number of hydrogen-bond donors (Lipinski definition) is 1. The molecule has 0 unspecified atom stereocenters. The molecule has 0 aliphatic carbocycles. The van der Waals surface area contributed by atoms with Crippen molar-refractivity contribution in [2.45, 2.75) is 20.3 Å². The summed E-state index contributed by atoms with van der Waals surface area (Å²) in [4.78, 5) is 12.4. The second-order valence-electron chi connectivity index (χ2n) is 5.57. The van der Waals surface area contributed by atoms with Crippen molar-refractivity contribution in [3.63, 3.8) is 0 Å². The van der Waals surface area contributed by atoms with Gasteiger partial charge in [0.25, 0.3) is 5.91 Å². The lowest BCUT2D eigenvalue weighted by Crippen LogP contribution is -2.13. The van der Waals surface area contributed by atoms with Gasteiger partial charge in [0, 0.05) is 5.56 Å². The number of hydrogen-bond acceptors (Lipinski definition) is 3. The summed E-state index contributed by atoms with van der Waals surface area (Å²) in [5.41, 5.74) is 2.11. The van der Waals surface area contributed by atoms with Gasteiger partial charge >= 0.3 is 0 Å². The van der Waals surface area contributed by atoms with Crippen molar-refractivity contribution in [2.75, 3.05) is 18.5 Å². The third-order valence-electron chi connectivity index (χ3n) is 3.20. The fourth-order valence-electron chi connectivity index (χ4n) is 2.01. The first kappa shape index (κ1) is 17.6. The van der Waals surface area contributed by atoms with Gasteiger partial charge < -0.3 is 14.8 Å². The van der Waals surface area contributed by atoms with E-state index in [9.17, 15) is 4.79 Å². The number of nitrogens with one attached hydrogen (secondary N) is 1. The molecule has 0 heterocycles. The second kappa shape index (κ2) is 8.77. The van der Waals surface area contributed by atoms with Crippen LogP contribution in [0.25, 0.3) is 0 Å². The molecule has 4 nitrogen and oxygen atoms in total. The summed E-state index contributed by atoms with van der Waals surface area (Å²) in [6.07, 6.45) is 0.948. The summed E-state index contributed by atoms with van der Waals surface area (Å²) in [5, 5.41) is 2.88. The molecule has 0 saturated heterocycles. The van der Waals surface area contributed by atoms with Crippen LogP contribution in [0, 0.1) is 0 Å². The lowest BCUT2D eigenvalue weighted by molar-refractivity contribution is 0.102. The molecule has 0 aromatic heterocycles. The number of benzene rings is 2. The van der Waals surface area contributed by atoms with Crippen LogP contribution in [-0.2, 0) is 0 Å². The molecular formula is C20H23NO3. The topological polar surface area (TPSA) is 47.6 Å². The third-order valence-corrected chi connectivity index (χ3v) is 3.20. The van der Waals surface area contributed by atoms with Crippen molar-refractivity contribution in [2.24, 2.45) is 0 Å². The van der Waals surface area contributed by atoms with E-state index in [4.69, 9.17) is 9.47 Å². The van der Waals surface area contributed by atoms with E-state index in [2.05, 4.69) is 18.8 Å². The zero-order valence-electron chi connectivity index (χ0n) is 14.2. The Hall–Kier alpha value is -2.75. The molecule has 0 radical (unpaired) electrons. The zero-order chi connectivity index (χ0) is 17.4. The van der Waals surface area contributed by atoms with Crippen molar-refractivity contribution >= 4 is 11.6 Å². The number of ether oxygens (including phenoxy) is 2. The highest BCUT2D eigenvalue weighted by molar-refractivity contribution is 6.05. The molecule has 2 rings (SSSR count). The van der Waals surface area contributed by atoms with E-state index < -0.39 is 0 Å². The Kier molecular flexibility index (Phi) is 6.43. The number of rotatable bonds is 8. The maximum absolute atomic E-state index is 12.4. The highest BCUT2D eigenvalue weighted by Crippen LogP contribution is 2.25. The van der Waals surface area contributed by atoms with Crippen LogP contribution in [-0.4, -0.2) is 19.1 Å². The molecule has 0 bridgehead atoms. The first-order chi connectivity index (χ1) is 11.6. The second-order valence-corrected chi connectivity index (χ2v) is 5.57. The predicted molar refractivity (Wildman–Crippen MR) is 96.9 cm³/mol. The molecule has 2 aromatic rings. The summed E-state index contributed by atoms with van der Waals surface area (Å²) < 4.78 is 11.2. The number of carbonyl (C=O) groups excluding carboxylic acids is 1. The lowest BCUT2D eigenvalue weighted by atomic mass is 10.2. The van der Waals surface area contributed by atoms with Crippen molar-refractivity contribution in [1.82, 2.24) is 0 Å². The molecule has 0 aliphatic heterocycles. The van der Waals surface area contributed by atoms with E-state index in [1.807, 2.05) is 31.2 Å². The molecule has 0 aliphatic rings. The van der Waals surface area contributed by atoms with E-state index in [0.717, 1.165) is 17.7 Å². The maximum atomic E-state index is 12.4. The average molecular weight is 325 g/mol. The van der Waals surface area contributed by atoms with Gasteiger partial charge in [-0.05, 0) is 55.3 Å². The van der Waals surface area contributed by atoms with Crippen molar-refractivity contribution in [3.05, 3.63) is 66.2 Å². The van der Waals surface area contributed by atoms with Crippen LogP contribution in [0.3, 0.4) is 0 Å². The van der Waals surface area contributed by atoms with Gasteiger partial charge in [-0.25, -0.2) is 0 Å². The van der Waals surface area contributed by atoms with Crippen LogP contribution in [0.1, 0.15) is 30.6 Å². The van der Waals surface area contributed by atoms with Gasteiger partial charge in [-0.3, -0.25) is 4.79 Å². The molecule has 0 saturated carbocycles. The number of para-hydroxylation sites is 2. The largest absolute Gasteiger partial charge is 0.494 e. The number of carbonyl (C=O) groups is 1. The van der Waals surface area contributed by atoms with Crippen LogP contribution in [0.15, 0.2) is 60.7 Å². The number of amides is 1. The minimum Gasteiger partial charge on any atom is -0.494 e. The fraction of sp³-hybridized carbons (Fsp3) is 0.250. The SMILES string of the molecule is C=C(C)COc1ccccc1NC(=O)c1ccc(OCCC)cc1. The smallest absolute Gasteiger partial charge is 0.255 e. The number of anilines is 1. The van der Waals surface area contributed by atoms with Crippen molar-refractivity contribution < 1.29 is 14.3 Å². The van der Waals surface area contributed by atoms with Crippen LogP contribution < -0.4 is 14.8 Å². The zero-order valence-corrected chi connectivity index (χ0v) is 14.2. The van der Waals surface area contributed by atoms with E-state index in [-0.39, 0.29) is 5.91 Å². The molecule has 126 valence electrons. The van der Waals surface area contributed by atoms with Crippen molar-refractivity contribution in [3.8, 4) is 11.5 Å². The Labute approximate surface area is 143 Å². The molecule has 1 amide bonds. The molecule has 0 fully saturated rings. The molecule has 0 atom stereocenters. The van der Waals surface area contributed by atoms with Gasteiger partial charge in [0.15, 0.2) is 0 Å². The summed E-state index contributed by atoms with van der Waals surface area (Å²) in [7, 11) is 0. The highest BCUT2D eigenvalue weighted by Gasteiger charge is 2.10. The van der Waals surface area contributed by atoms with Crippen LogP contribution in [0.4, 0.5) is 5.69 Å². The lowest BCUT2D eigenvalue weighted by Gasteiger charge is -2.12. The first-order valence-corrected chi connectivity index (χ1v) is 8.00. The molecule has 2 aromatic carbocycles. The molecule has 24 heavy (non-hydrogen) atoms. The monoisotopic (exact) mass is 325 g/mol. The first-order valence-electron chi connectivity index (χ1n) is 8.00. The highest BCUT2D eigenvalue weighted by atomic mass is 16.5. The average Bonchev–Trinajstić information content (AvgIpc) is 2.59. The third kappa shape index (κ3) is 5.16. The van der Waals surface area contributed by atoms with Crippen LogP contribution >= 0.6 is 0 Å². The minimum absolute atomic E-state index is 0.191. The van der Waals surface area contributed by atoms with Crippen molar-refractivity contribution in [1.29, 1.82) is 0 Å². The van der Waals surface area contributed by atoms with Gasteiger partial charge in [0.2, 0.25) is 0 Å². The maximum Gasteiger partial charge on any atom is 0.255 e. The van der Waals surface area contributed by atoms with Gasteiger partial charge in [-0.2, -0.15) is 0 Å². The Morgan fingerprint density at radius 1 is 1.08 bits per heavy atom. The summed E-state index contributed by atoms with van der Waals surface area (Å²) >= 11 is 0. The van der Waals surface area contributed by atoms with Gasteiger partial charge in [0.1, 0.15) is 18.1 Å². The minimum atomic E-state index is -0.191. The Morgan fingerprint density at radius 2 is 1.79 bits per heavy atom. The van der Waals surface area contributed by atoms with Gasteiger partial charge in [-0.1, -0.05) is 25.6 Å². The summed E-state index contributed by atoms with van der Waals surface area (Å²) in [5.74, 6) is 1.19. The fourth-order valence-corrected chi connectivity index (χ4v) is 2.01. The van der Waals surface area contributed by atoms with E-state index in [0.29, 0.717) is 30.2 Å². The quantitative estimate of drug-likeness (QED) is 0.717. The van der Waals surface area contributed by atoms with Crippen LogP contribution in [0.2, 0.25) is 0 Å². The Bertz CT molecular complexity index is 692. The standard InChI is InChI=1S/C20H23NO3/c1-4-13-23-17-11-9-16(10-12-17)20(22)21-18-7-5-6-8-19(18)24-14-15(2)3/h5-12H,2,4,13-14H2,1,3H3,(H,21,22). The summed E-state index contributed by atoms with van der Waals surface area (Å²) in [6, 6.07) is 14.4. The van der Waals surface area contributed by atoms with Gasteiger partial charge in [0.05, 0.1) is 12.3 Å². The van der Waals surface area contributed by atoms with Gasteiger partial charge in [-0.15, -0.1) is 0 Å². The molecule has 1 N–H and O–H groups in total. The predicted octanol–water partition coefficient (Wildman–Crippen LogP) is 4.68. The molecule has 0 spiro atoms. The Balaban J connectivity index is 2.05. The molecular weight excluding hydrogens is 302 g/mol. The summed E-state index contributed by atoms with van der Waals surface area (Å²) in [6.45, 7) is 8.84. The van der Waals surface area contributed by atoms with Crippen LogP contribution in [0.5, 0.6) is 11.5 Å². The Morgan fingerprint density at radius 3 is 2.46 bits per heavy atom. The molecule has 4 heteroatoms. The van der Waals surface area contributed by atoms with E-state index in [1.165, 1.54) is 0 Å². The van der Waals surface area contributed by atoms with E-state index >= 15 is 0 Å². The van der Waals surface area contributed by atoms with E-state index in [1.54, 1.807) is 24.3 Å². The normalized spacial score (nSPS) is 10.1.